The molecule has 3 rings (SSSR count). The minimum absolute atomic E-state index is 0.185. The molecule has 1 fully saturated rings. The van der Waals surface area contributed by atoms with Gasteiger partial charge in [0.25, 0.3) is 5.91 Å². The normalized spacial score (nSPS) is 17.0. The molecular weight excluding hydrogens is 270 g/mol. The summed E-state index contributed by atoms with van der Waals surface area (Å²) in [4.78, 5) is 23.6. The molecule has 1 aromatic carbocycles. The van der Waals surface area contributed by atoms with Gasteiger partial charge in [-0.2, -0.15) is 5.10 Å². The number of benzene rings is 1. The summed E-state index contributed by atoms with van der Waals surface area (Å²) in [6.45, 7) is 0.185. The number of amides is 1. The topological polar surface area (TPSA) is 95.1 Å². The zero-order chi connectivity index (χ0) is 14.9. The molecule has 0 spiro atoms. The summed E-state index contributed by atoms with van der Waals surface area (Å²) < 4.78 is 0. The third kappa shape index (κ3) is 2.49. The van der Waals surface area contributed by atoms with Crippen LogP contribution in [0.5, 0.6) is 0 Å². The molecular formula is C15H17N3O3. The number of hydrogen-bond donors (Lipinski definition) is 3. The van der Waals surface area contributed by atoms with Gasteiger partial charge in [-0.3, -0.25) is 14.7 Å². The molecule has 0 saturated heterocycles. The molecule has 1 aromatic heterocycles. The third-order valence-electron chi connectivity index (χ3n) is 4.30. The Labute approximate surface area is 121 Å². The van der Waals surface area contributed by atoms with Gasteiger partial charge < -0.3 is 10.4 Å². The van der Waals surface area contributed by atoms with E-state index in [0.29, 0.717) is 18.4 Å². The number of fused-ring (bicyclic) bond motifs is 1. The van der Waals surface area contributed by atoms with Crippen molar-refractivity contribution in [3.05, 3.63) is 30.0 Å². The molecule has 2 aromatic rings. The zero-order valence-corrected chi connectivity index (χ0v) is 11.6. The second-order valence-electron chi connectivity index (χ2n) is 5.65. The second-order valence-corrected chi connectivity index (χ2v) is 5.65. The van der Waals surface area contributed by atoms with Gasteiger partial charge in [-0.15, -0.1) is 0 Å². The first-order chi connectivity index (χ1) is 10.1. The lowest BCUT2D eigenvalue weighted by Gasteiger charge is -2.23. The van der Waals surface area contributed by atoms with Crippen LogP contribution in [-0.4, -0.2) is 33.7 Å². The molecule has 0 unspecified atom stereocenters. The number of nitrogens with zero attached hydrogens (tertiary/aromatic N) is 1. The van der Waals surface area contributed by atoms with Crippen LogP contribution in [0.25, 0.3) is 10.9 Å². The Balaban J connectivity index is 1.72. The van der Waals surface area contributed by atoms with Crippen molar-refractivity contribution in [3.8, 4) is 0 Å². The van der Waals surface area contributed by atoms with Crippen LogP contribution < -0.4 is 5.32 Å². The number of aromatic amines is 1. The molecule has 1 aliphatic carbocycles. The van der Waals surface area contributed by atoms with Gasteiger partial charge in [0.15, 0.2) is 0 Å². The number of hydrogen-bond acceptors (Lipinski definition) is 3. The lowest BCUT2D eigenvalue weighted by atomic mass is 9.86. The summed E-state index contributed by atoms with van der Waals surface area (Å²) in [5.74, 6) is -1.06. The van der Waals surface area contributed by atoms with Crippen LogP contribution >= 0.6 is 0 Å². The monoisotopic (exact) mass is 287 g/mol. The number of nitrogens with one attached hydrogen (secondary N) is 2. The van der Waals surface area contributed by atoms with E-state index in [4.69, 9.17) is 0 Å². The summed E-state index contributed by atoms with van der Waals surface area (Å²) in [6.07, 6.45) is 4.72. The molecule has 110 valence electrons. The Bertz CT molecular complexity index is 686. The Morgan fingerprint density at radius 1 is 1.33 bits per heavy atom. The van der Waals surface area contributed by atoms with Gasteiger partial charge in [0, 0.05) is 17.5 Å². The van der Waals surface area contributed by atoms with E-state index in [1.807, 2.05) is 0 Å². The maximum Gasteiger partial charge on any atom is 0.311 e. The van der Waals surface area contributed by atoms with Crippen LogP contribution in [0, 0.1) is 5.41 Å². The van der Waals surface area contributed by atoms with Crippen molar-refractivity contribution in [1.29, 1.82) is 0 Å². The number of carboxylic acids is 1. The Morgan fingerprint density at radius 2 is 2.10 bits per heavy atom. The number of carbonyl (C=O) groups is 2. The molecule has 21 heavy (non-hydrogen) atoms. The van der Waals surface area contributed by atoms with E-state index in [2.05, 4.69) is 15.5 Å². The molecule has 6 heteroatoms. The van der Waals surface area contributed by atoms with Crippen molar-refractivity contribution in [3.63, 3.8) is 0 Å². The van der Waals surface area contributed by atoms with Gasteiger partial charge in [0.2, 0.25) is 0 Å². The van der Waals surface area contributed by atoms with Crippen molar-refractivity contribution in [2.24, 2.45) is 5.41 Å². The summed E-state index contributed by atoms with van der Waals surface area (Å²) in [7, 11) is 0. The zero-order valence-electron chi connectivity index (χ0n) is 11.6. The third-order valence-corrected chi connectivity index (χ3v) is 4.30. The molecule has 0 bridgehead atoms. The highest BCUT2D eigenvalue weighted by Crippen LogP contribution is 2.37. The molecule has 1 heterocycles. The highest BCUT2D eigenvalue weighted by Gasteiger charge is 2.41. The van der Waals surface area contributed by atoms with E-state index in [-0.39, 0.29) is 12.5 Å². The SMILES string of the molecule is O=C(NCC1(C(=O)O)CCCC1)c1ccc2[nH]ncc2c1. The maximum atomic E-state index is 12.2. The van der Waals surface area contributed by atoms with E-state index in [0.717, 1.165) is 23.7 Å². The lowest BCUT2D eigenvalue weighted by Crippen LogP contribution is -2.41. The summed E-state index contributed by atoms with van der Waals surface area (Å²) in [5, 5.41) is 19.8. The average Bonchev–Trinajstić information content (AvgIpc) is 3.13. The van der Waals surface area contributed by atoms with E-state index in [1.165, 1.54) is 0 Å². The van der Waals surface area contributed by atoms with Crippen molar-refractivity contribution in [1.82, 2.24) is 15.5 Å². The fourth-order valence-electron chi connectivity index (χ4n) is 2.95. The number of aromatic nitrogens is 2. The highest BCUT2D eigenvalue weighted by atomic mass is 16.4. The van der Waals surface area contributed by atoms with Crippen LogP contribution in [0.15, 0.2) is 24.4 Å². The predicted octanol–water partition coefficient (Wildman–Crippen LogP) is 1.94. The molecule has 0 aliphatic heterocycles. The van der Waals surface area contributed by atoms with E-state index in [9.17, 15) is 14.7 Å². The Kier molecular flexibility index (Phi) is 3.37. The number of carbonyl (C=O) groups excluding carboxylic acids is 1. The highest BCUT2D eigenvalue weighted by molar-refractivity contribution is 5.98. The number of carboxylic acid groups (broad SMARTS) is 1. The fourth-order valence-corrected chi connectivity index (χ4v) is 2.95. The van der Waals surface area contributed by atoms with Crippen molar-refractivity contribution < 1.29 is 14.7 Å². The van der Waals surface area contributed by atoms with Gasteiger partial charge >= 0.3 is 5.97 Å². The number of aliphatic carboxylic acids is 1. The predicted molar refractivity (Wildman–Crippen MR) is 77.0 cm³/mol. The van der Waals surface area contributed by atoms with Gasteiger partial charge in [-0.05, 0) is 31.0 Å². The summed E-state index contributed by atoms with van der Waals surface area (Å²) in [5.41, 5.74) is 0.585. The lowest BCUT2D eigenvalue weighted by molar-refractivity contribution is -0.148. The van der Waals surface area contributed by atoms with Crippen LogP contribution in [-0.2, 0) is 4.79 Å². The van der Waals surface area contributed by atoms with Crippen LogP contribution in [0.1, 0.15) is 36.0 Å². The van der Waals surface area contributed by atoms with E-state index >= 15 is 0 Å². The van der Waals surface area contributed by atoms with Crippen LogP contribution in [0.3, 0.4) is 0 Å². The van der Waals surface area contributed by atoms with Gasteiger partial charge in [0.05, 0.1) is 17.1 Å². The second kappa shape index (κ2) is 5.20. The van der Waals surface area contributed by atoms with Crippen LogP contribution in [0.2, 0.25) is 0 Å². The number of H-pyrrole nitrogens is 1. The molecule has 1 aliphatic rings. The molecule has 1 saturated carbocycles. The van der Waals surface area contributed by atoms with Crippen molar-refractivity contribution in [2.45, 2.75) is 25.7 Å². The molecule has 1 amide bonds. The number of rotatable bonds is 4. The van der Waals surface area contributed by atoms with E-state index in [1.54, 1.807) is 24.4 Å². The molecule has 0 radical (unpaired) electrons. The Morgan fingerprint density at radius 3 is 2.81 bits per heavy atom. The smallest absolute Gasteiger partial charge is 0.311 e. The van der Waals surface area contributed by atoms with Crippen LogP contribution in [0.4, 0.5) is 0 Å². The largest absolute Gasteiger partial charge is 0.481 e. The van der Waals surface area contributed by atoms with Crippen molar-refractivity contribution >= 4 is 22.8 Å². The summed E-state index contributed by atoms with van der Waals surface area (Å²) in [6, 6.07) is 5.24. The minimum Gasteiger partial charge on any atom is -0.481 e. The maximum absolute atomic E-state index is 12.2. The van der Waals surface area contributed by atoms with Crippen molar-refractivity contribution in [2.75, 3.05) is 6.54 Å². The molecule has 3 N–H and O–H groups in total. The standard InChI is InChI=1S/C15H17N3O3/c19-13(10-3-4-12-11(7-10)8-17-18-12)16-9-15(14(20)21)5-1-2-6-15/h3-4,7-8H,1-2,5-6,9H2,(H,16,19)(H,17,18)(H,20,21). The molecule has 6 nitrogen and oxygen atoms in total. The average molecular weight is 287 g/mol. The molecule has 0 atom stereocenters. The van der Waals surface area contributed by atoms with Gasteiger partial charge in [0.1, 0.15) is 0 Å². The van der Waals surface area contributed by atoms with Gasteiger partial charge in [-0.25, -0.2) is 0 Å². The first-order valence-electron chi connectivity index (χ1n) is 7.05. The van der Waals surface area contributed by atoms with E-state index < -0.39 is 11.4 Å². The minimum atomic E-state index is -0.814. The first-order valence-corrected chi connectivity index (χ1v) is 7.05. The first kappa shape index (κ1) is 13.6. The Hall–Kier alpha value is -2.37. The fraction of sp³-hybridized carbons (Fsp3) is 0.400. The summed E-state index contributed by atoms with van der Waals surface area (Å²) >= 11 is 0. The quantitative estimate of drug-likeness (QED) is 0.800. The van der Waals surface area contributed by atoms with Gasteiger partial charge in [-0.1, -0.05) is 12.8 Å².